The van der Waals surface area contributed by atoms with Gasteiger partial charge < -0.3 is 14.6 Å². The van der Waals surface area contributed by atoms with Gasteiger partial charge in [-0.15, -0.1) is 0 Å². The standard InChI is InChI=1S/C19H21NO4S2/c1-4-10-24-14-9-7-6-8-13(14)11-15-17(21)20(19(25)26-15)16(18(22)23)12(3)5-2/h4,6-9,11-12,16H,1,5,10H2,2-3H3,(H,22,23)/p-1/b15-11-/t12-,16+/m0/s1. The second-order valence-electron chi connectivity index (χ2n) is 5.84. The number of benzene rings is 1. The van der Waals surface area contributed by atoms with Crippen molar-refractivity contribution in [3.05, 3.63) is 47.4 Å². The number of nitrogens with zero attached hydrogens (tertiary/aromatic N) is 1. The van der Waals surface area contributed by atoms with E-state index in [0.29, 0.717) is 29.2 Å². The SMILES string of the molecule is C=CCOc1ccccc1/C=C1\SC(=S)N([C@@H](C(=O)[O-])[C@@H](C)CC)C1=O. The van der Waals surface area contributed by atoms with Crippen LogP contribution in [0.15, 0.2) is 41.8 Å². The molecule has 1 aliphatic rings. The molecule has 1 amide bonds. The summed E-state index contributed by atoms with van der Waals surface area (Å²) in [4.78, 5) is 25.9. The molecule has 0 unspecified atom stereocenters. The number of thiocarbonyl (C=S) groups is 1. The molecule has 138 valence electrons. The third-order valence-corrected chi connectivity index (χ3v) is 5.42. The van der Waals surface area contributed by atoms with Crippen LogP contribution in [0.3, 0.4) is 0 Å². The van der Waals surface area contributed by atoms with Crippen LogP contribution in [0.1, 0.15) is 25.8 Å². The Morgan fingerprint density at radius 1 is 1.46 bits per heavy atom. The molecule has 7 heteroatoms. The zero-order chi connectivity index (χ0) is 19.3. The number of rotatable bonds is 8. The molecule has 0 bridgehead atoms. The number of carboxylic acid groups (broad SMARTS) is 1. The molecule has 1 aromatic carbocycles. The monoisotopic (exact) mass is 390 g/mol. The van der Waals surface area contributed by atoms with Crippen molar-refractivity contribution in [2.75, 3.05) is 6.61 Å². The van der Waals surface area contributed by atoms with Crippen LogP contribution < -0.4 is 9.84 Å². The van der Waals surface area contributed by atoms with Crippen molar-refractivity contribution >= 4 is 46.3 Å². The average molecular weight is 391 g/mol. The summed E-state index contributed by atoms with van der Waals surface area (Å²) in [7, 11) is 0. The number of hydrogen-bond donors (Lipinski definition) is 0. The van der Waals surface area contributed by atoms with E-state index in [0.717, 1.165) is 16.7 Å². The van der Waals surface area contributed by atoms with Crippen molar-refractivity contribution in [3.63, 3.8) is 0 Å². The summed E-state index contributed by atoms with van der Waals surface area (Å²) in [5.41, 5.74) is 0.711. The highest BCUT2D eigenvalue weighted by Gasteiger charge is 2.39. The molecule has 0 N–H and O–H groups in total. The molecular weight excluding hydrogens is 370 g/mol. The Hall–Kier alpha value is -2.12. The number of hydrogen-bond acceptors (Lipinski definition) is 6. The first-order valence-corrected chi connectivity index (χ1v) is 9.43. The Balaban J connectivity index is 2.35. The van der Waals surface area contributed by atoms with Gasteiger partial charge >= 0.3 is 0 Å². The van der Waals surface area contributed by atoms with Crippen molar-refractivity contribution in [1.29, 1.82) is 0 Å². The Labute approximate surface area is 162 Å². The number of thioether (sulfide) groups is 1. The molecule has 1 aromatic rings. The van der Waals surface area contributed by atoms with Crippen LogP contribution in [0, 0.1) is 5.92 Å². The van der Waals surface area contributed by atoms with Crippen LogP contribution in [0.5, 0.6) is 5.75 Å². The van der Waals surface area contributed by atoms with Crippen LogP contribution in [0.4, 0.5) is 0 Å². The molecule has 1 heterocycles. The molecule has 1 saturated heterocycles. The number of carboxylic acids is 1. The summed E-state index contributed by atoms with van der Waals surface area (Å²) in [5, 5.41) is 11.6. The van der Waals surface area contributed by atoms with Crippen LogP contribution in [-0.4, -0.2) is 33.7 Å². The Kier molecular flexibility index (Phi) is 6.99. The molecule has 0 radical (unpaired) electrons. The lowest BCUT2D eigenvalue weighted by atomic mass is 9.98. The smallest absolute Gasteiger partial charge is 0.266 e. The minimum atomic E-state index is -1.30. The summed E-state index contributed by atoms with van der Waals surface area (Å²) in [6, 6.07) is 6.19. The van der Waals surface area contributed by atoms with Crippen LogP contribution in [0.25, 0.3) is 6.08 Å². The van der Waals surface area contributed by atoms with E-state index in [-0.39, 0.29) is 10.2 Å². The fourth-order valence-corrected chi connectivity index (χ4v) is 3.88. The summed E-state index contributed by atoms with van der Waals surface area (Å²) in [6.07, 6.45) is 3.89. The van der Waals surface area contributed by atoms with Gasteiger partial charge in [-0.3, -0.25) is 9.69 Å². The molecule has 1 fully saturated rings. The van der Waals surface area contributed by atoms with Gasteiger partial charge in [-0.1, -0.05) is 75.1 Å². The lowest BCUT2D eigenvalue weighted by Gasteiger charge is -2.32. The minimum Gasteiger partial charge on any atom is -0.548 e. The van der Waals surface area contributed by atoms with Gasteiger partial charge in [0.15, 0.2) is 0 Å². The zero-order valence-corrected chi connectivity index (χ0v) is 16.3. The van der Waals surface area contributed by atoms with E-state index in [1.807, 2.05) is 25.1 Å². The first kappa shape index (κ1) is 20.2. The molecule has 26 heavy (non-hydrogen) atoms. The highest BCUT2D eigenvalue weighted by atomic mass is 32.2. The lowest BCUT2D eigenvalue weighted by molar-refractivity contribution is -0.311. The van der Waals surface area contributed by atoms with Crippen molar-refractivity contribution in [1.82, 2.24) is 4.90 Å². The molecule has 0 aromatic heterocycles. The largest absolute Gasteiger partial charge is 0.548 e. The van der Waals surface area contributed by atoms with Gasteiger partial charge in [-0.25, -0.2) is 0 Å². The van der Waals surface area contributed by atoms with E-state index in [2.05, 4.69) is 6.58 Å². The quantitative estimate of drug-likeness (QED) is 0.386. The highest BCUT2D eigenvalue weighted by Crippen LogP contribution is 2.36. The van der Waals surface area contributed by atoms with E-state index in [4.69, 9.17) is 17.0 Å². The normalized spacial score (nSPS) is 18.1. The van der Waals surface area contributed by atoms with Gasteiger partial charge in [0.2, 0.25) is 0 Å². The Morgan fingerprint density at radius 2 is 2.15 bits per heavy atom. The zero-order valence-electron chi connectivity index (χ0n) is 14.6. The number of amides is 1. The predicted octanol–water partition coefficient (Wildman–Crippen LogP) is 2.62. The highest BCUT2D eigenvalue weighted by molar-refractivity contribution is 8.26. The second-order valence-corrected chi connectivity index (χ2v) is 7.51. The molecule has 5 nitrogen and oxygen atoms in total. The summed E-state index contributed by atoms with van der Waals surface area (Å²) in [6.45, 7) is 7.58. The van der Waals surface area contributed by atoms with Gasteiger partial charge in [0.1, 0.15) is 16.7 Å². The number of para-hydroxylation sites is 1. The van der Waals surface area contributed by atoms with Gasteiger partial charge in [0, 0.05) is 5.56 Å². The number of aliphatic carboxylic acids is 1. The molecular formula is C19H20NO4S2-. The van der Waals surface area contributed by atoms with Gasteiger partial charge in [0.05, 0.1) is 16.9 Å². The topological polar surface area (TPSA) is 69.7 Å². The van der Waals surface area contributed by atoms with Gasteiger partial charge in [0.25, 0.3) is 5.91 Å². The van der Waals surface area contributed by atoms with E-state index in [1.54, 1.807) is 25.1 Å². The van der Waals surface area contributed by atoms with Crippen molar-refractivity contribution in [2.45, 2.75) is 26.3 Å². The van der Waals surface area contributed by atoms with E-state index < -0.39 is 17.9 Å². The van der Waals surface area contributed by atoms with Gasteiger partial charge in [-0.2, -0.15) is 0 Å². The van der Waals surface area contributed by atoms with E-state index in [1.165, 1.54) is 0 Å². The van der Waals surface area contributed by atoms with Crippen molar-refractivity contribution in [2.24, 2.45) is 5.92 Å². The van der Waals surface area contributed by atoms with Crippen molar-refractivity contribution in [3.8, 4) is 5.75 Å². The Bertz CT molecular complexity index is 760. The first-order chi connectivity index (χ1) is 12.4. The van der Waals surface area contributed by atoms with Gasteiger partial charge in [-0.05, 0) is 18.1 Å². The maximum Gasteiger partial charge on any atom is 0.266 e. The minimum absolute atomic E-state index is 0.222. The summed E-state index contributed by atoms with van der Waals surface area (Å²) < 4.78 is 5.82. The maximum absolute atomic E-state index is 12.8. The first-order valence-electron chi connectivity index (χ1n) is 8.21. The van der Waals surface area contributed by atoms with E-state index in [9.17, 15) is 14.7 Å². The number of ether oxygens (including phenoxy) is 1. The Morgan fingerprint density at radius 3 is 2.77 bits per heavy atom. The fraction of sp³-hybridized carbons (Fsp3) is 0.316. The molecule has 2 rings (SSSR count). The lowest BCUT2D eigenvalue weighted by Crippen LogP contribution is -2.53. The molecule has 0 aliphatic carbocycles. The average Bonchev–Trinajstić information content (AvgIpc) is 2.88. The van der Waals surface area contributed by atoms with Crippen molar-refractivity contribution < 1.29 is 19.4 Å². The maximum atomic E-state index is 12.8. The fourth-order valence-electron chi connectivity index (χ4n) is 2.56. The number of carbonyl (C=O) groups is 2. The van der Waals surface area contributed by atoms with Crippen LogP contribution in [0.2, 0.25) is 0 Å². The molecule has 0 saturated carbocycles. The molecule has 1 aliphatic heterocycles. The van der Waals surface area contributed by atoms with E-state index >= 15 is 0 Å². The third-order valence-electron chi connectivity index (χ3n) is 4.09. The second kappa shape index (κ2) is 9.00. The van der Waals surface area contributed by atoms with Crippen LogP contribution >= 0.6 is 24.0 Å². The number of carbonyl (C=O) groups excluding carboxylic acids is 2. The molecule has 0 spiro atoms. The summed E-state index contributed by atoms with van der Waals surface area (Å²) >= 11 is 6.35. The molecule has 2 atom stereocenters. The third kappa shape index (κ3) is 4.34. The summed E-state index contributed by atoms with van der Waals surface area (Å²) in [5.74, 6) is -1.39. The predicted molar refractivity (Wildman–Crippen MR) is 105 cm³/mol. The van der Waals surface area contributed by atoms with Crippen LogP contribution in [-0.2, 0) is 9.59 Å².